The lowest BCUT2D eigenvalue weighted by atomic mass is 9.95. The molecule has 1 saturated carbocycles. The number of nitrogens with zero attached hydrogens (tertiary/aromatic N) is 2. The maximum Gasteiger partial charge on any atom is 0.410 e. The summed E-state index contributed by atoms with van der Waals surface area (Å²) in [5, 5.41) is 14.5. The Labute approximate surface area is 216 Å². The number of benzene rings is 2. The highest BCUT2D eigenvalue weighted by molar-refractivity contribution is 6.00. The number of carboxylic acid groups (broad SMARTS) is 1. The molecule has 10 heteroatoms. The van der Waals surface area contributed by atoms with Crippen molar-refractivity contribution in [1.29, 1.82) is 0 Å². The molecule has 0 aromatic heterocycles. The van der Waals surface area contributed by atoms with Gasteiger partial charge in [0, 0.05) is 44.2 Å². The maximum absolute atomic E-state index is 12.8. The number of hydrogen-bond acceptors (Lipinski definition) is 6. The quantitative estimate of drug-likeness (QED) is 0.508. The van der Waals surface area contributed by atoms with Gasteiger partial charge in [0.2, 0.25) is 0 Å². The van der Waals surface area contributed by atoms with Crippen LogP contribution in [-0.2, 0) is 27.2 Å². The number of hydrogen-bond donors (Lipinski definition) is 3. The van der Waals surface area contributed by atoms with Gasteiger partial charge in [-0.2, -0.15) is 0 Å². The average Bonchev–Trinajstić information content (AvgIpc) is 2.88. The molecule has 1 fully saturated rings. The van der Waals surface area contributed by atoms with Crippen LogP contribution in [0, 0.1) is 0 Å². The van der Waals surface area contributed by atoms with Crippen LogP contribution in [-0.4, -0.2) is 67.6 Å². The van der Waals surface area contributed by atoms with Crippen molar-refractivity contribution < 1.29 is 29.0 Å². The third-order valence-electron chi connectivity index (χ3n) is 6.69. The third-order valence-corrected chi connectivity index (χ3v) is 6.69. The Morgan fingerprint density at radius 1 is 0.973 bits per heavy atom. The molecule has 1 aliphatic heterocycles. The molecule has 0 saturated heterocycles. The van der Waals surface area contributed by atoms with Crippen LogP contribution in [0.25, 0.3) is 0 Å². The summed E-state index contributed by atoms with van der Waals surface area (Å²) in [5.74, 6) is -0.976. The molecule has 2 aromatic carbocycles. The highest BCUT2D eigenvalue weighted by Crippen LogP contribution is 2.27. The predicted molar refractivity (Wildman–Crippen MR) is 140 cm³/mol. The summed E-state index contributed by atoms with van der Waals surface area (Å²) in [6.07, 6.45) is 2.75. The molecule has 2 aromatic rings. The predicted octanol–water partition coefficient (Wildman–Crippen LogP) is 4.30. The number of anilines is 3. The molecule has 37 heavy (non-hydrogen) atoms. The van der Waals surface area contributed by atoms with Crippen LogP contribution < -0.4 is 15.5 Å². The van der Waals surface area contributed by atoms with E-state index in [9.17, 15) is 14.4 Å². The van der Waals surface area contributed by atoms with E-state index in [0.29, 0.717) is 56.6 Å². The summed E-state index contributed by atoms with van der Waals surface area (Å²) in [6, 6.07) is 13.0. The Morgan fingerprint density at radius 3 is 2.38 bits per heavy atom. The molecule has 1 aliphatic carbocycles. The van der Waals surface area contributed by atoms with Gasteiger partial charge >= 0.3 is 18.1 Å². The zero-order valence-corrected chi connectivity index (χ0v) is 21.2. The normalized spacial score (nSPS) is 18.9. The highest BCUT2D eigenvalue weighted by Gasteiger charge is 2.28. The van der Waals surface area contributed by atoms with Crippen molar-refractivity contribution in [3.8, 4) is 0 Å². The van der Waals surface area contributed by atoms with Gasteiger partial charge in [0.25, 0.3) is 0 Å². The van der Waals surface area contributed by atoms with Crippen LogP contribution in [0.3, 0.4) is 0 Å². The lowest BCUT2D eigenvalue weighted by molar-refractivity contribution is -0.145. The first kappa shape index (κ1) is 26.3. The monoisotopic (exact) mass is 510 g/mol. The van der Waals surface area contributed by atoms with Crippen molar-refractivity contribution in [1.82, 2.24) is 4.90 Å². The van der Waals surface area contributed by atoms with Crippen molar-refractivity contribution in [2.75, 3.05) is 42.8 Å². The van der Waals surface area contributed by atoms with Crippen LogP contribution in [0.4, 0.5) is 26.7 Å². The summed E-state index contributed by atoms with van der Waals surface area (Å²) in [4.78, 5) is 39.6. The van der Waals surface area contributed by atoms with Gasteiger partial charge in [-0.05, 0) is 73.6 Å². The van der Waals surface area contributed by atoms with E-state index in [1.807, 2.05) is 61.5 Å². The number of rotatable bonds is 7. The second-order valence-corrected chi connectivity index (χ2v) is 9.67. The first-order valence-electron chi connectivity index (χ1n) is 12.5. The number of fused-ring (bicyclic) bond motifs is 1. The Hall–Kier alpha value is -3.79. The number of carboxylic acids is 1. The van der Waals surface area contributed by atoms with Gasteiger partial charge in [0.15, 0.2) is 0 Å². The Morgan fingerprint density at radius 2 is 1.68 bits per heavy atom. The Balaban J connectivity index is 1.25. The van der Waals surface area contributed by atoms with E-state index in [4.69, 9.17) is 14.6 Å². The Kier molecular flexibility index (Phi) is 8.50. The van der Waals surface area contributed by atoms with Crippen LogP contribution in [0.5, 0.6) is 0 Å². The first-order valence-corrected chi connectivity index (χ1v) is 12.5. The minimum atomic E-state index is -0.976. The van der Waals surface area contributed by atoms with E-state index in [0.717, 1.165) is 16.8 Å². The fourth-order valence-corrected chi connectivity index (χ4v) is 4.66. The van der Waals surface area contributed by atoms with E-state index in [-0.39, 0.29) is 30.9 Å². The molecule has 3 amide bonds. The molecule has 0 bridgehead atoms. The van der Waals surface area contributed by atoms with Crippen LogP contribution in [0.2, 0.25) is 0 Å². The van der Waals surface area contributed by atoms with Gasteiger partial charge in [-0.25, -0.2) is 14.4 Å². The summed E-state index contributed by atoms with van der Waals surface area (Å²) in [6.45, 7) is 0.694. The smallest absolute Gasteiger partial charge is 0.410 e. The summed E-state index contributed by atoms with van der Waals surface area (Å²) >= 11 is 0. The zero-order chi connectivity index (χ0) is 26.4. The summed E-state index contributed by atoms with van der Waals surface area (Å²) < 4.78 is 11.1. The van der Waals surface area contributed by atoms with Crippen molar-refractivity contribution in [2.24, 2.45) is 0 Å². The van der Waals surface area contributed by atoms with E-state index in [2.05, 4.69) is 10.6 Å². The van der Waals surface area contributed by atoms with E-state index in [1.54, 1.807) is 4.90 Å². The van der Waals surface area contributed by atoms with Gasteiger partial charge in [-0.3, -0.25) is 0 Å². The van der Waals surface area contributed by atoms with E-state index < -0.39 is 5.97 Å². The number of amides is 3. The topological polar surface area (TPSA) is 120 Å². The maximum atomic E-state index is 12.8. The number of urea groups is 1. The second-order valence-electron chi connectivity index (χ2n) is 9.67. The Bertz CT molecular complexity index is 1130. The van der Waals surface area contributed by atoms with Crippen molar-refractivity contribution in [3.63, 3.8) is 0 Å². The fourth-order valence-electron chi connectivity index (χ4n) is 4.66. The first-order chi connectivity index (χ1) is 17.8. The lowest BCUT2D eigenvalue weighted by Gasteiger charge is -2.32. The molecule has 0 radical (unpaired) electrons. The van der Waals surface area contributed by atoms with Gasteiger partial charge in [0.1, 0.15) is 12.7 Å². The van der Waals surface area contributed by atoms with Crippen molar-refractivity contribution in [3.05, 3.63) is 53.6 Å². The van der Waals surface area contributed by atoms with Gasteiger partial charge < -0.3 is 35.0 Å². The number of aliphatic carboxylic acids is 1. The molecule has 0 spiro atoms. The third kappa shape index (κ3) is 7.36. The molecule has 3 N–H and O–H groups in total. The molecule has 0 unspecified atom stereocenters. The second kappa shape index (κ2) is 12.0. The van der Waals surface area contributed by atoms with Gasteiger partial charge in [-0.15, -0.1) is 0 Å². The molecule has 4 rings (SSSR count). The lowest BCUT2D eigenvalue weighted by Crippen LogP contribution is -2.39. The van der Waals surface area contributed by atoms with Crippen LogP contribution in [0.1, 0.15) is 36.8 Å². The molecule has 0 atom stereocenters. The number of carbonyl (C=O) groups excluding carboxylic acids is 2. The van der Waals surface area contributed by atoms with E-state index in [1.165, 1.54) is 0 Å². The number of nitrogens with one attached hydrogen (secondary N) is 2. The molecule has 198 valence electrons. The molecular formula is C27H34N4O6. The van der Waals surface area contributed by atoms with Crippen LogP contribution >= 0.6 is 0 Å². The molecule has 10 nitrogen and oxygen atoms in total. The fraction of sp³-hybridized carbons (Fsp3) is 0.444. The van der Waals surface area contributed by atoms with E-state index >= 15 is 0 Å². The van der Waals surface area contributed by atoms with Crippen molar-refractivity contribution >= 4 is 35.2 Å². The minimum Gasteiger partial charge on any atom is -0.480 e. The average molecular weight is 511 g/mol. The molecule has 1 heterocycles. The number of ether oxygens (including phenoxy) is 2. The summed E-state index contributed by atoms with van der Waals surface area (Å²) in [5.41, 5.74) is 4.51. The van der Waals surface area contributed by atoms with Gasteiger partial charge in [0.05, 0.1) is 6.10 Å². The highest BCUT2D eigenvalue weighted by atomic mass is 16.6. The minimum absolute atomic E-state index is 0.0963. The van der Waals surface area contributed by atoms with Gasteiger partial charge in [-0.1, -0.05) is 12.1 Å². The summed E-state index contributed by atoms with van der Waals surface area (Å²) in [7, 11) is 3.89. The SMILES string of the molecule is CN(C)c1cccc(NC(=O)Nc2ccc3c(c2)CCN(C(=O)OC2CCC(OCC(=O)O)CC2)C3)c1. The molecular weight excluding hydrogens is 476 g/mol. The van der Waals surface area contributed by atoms with Crippen LogP contribution in [0.15, 0.2) is 42.5 Å². The standard InChI is InChI=1S/C27H34N4O6/c1-30(2)22-5-3-4-20(15-22)28-26(34)29-21-7-6-19-16-31(13-12-18(19)14-21)27(35)37-24-10-8-23(9-11-24)36-17-25(32)33/h3-7,14-15,23-24H,8-13,16-17H2,1-2H3,(H,32,33)(H2,28,29,34). The molecule has 2 aliphatic rings. The van der Waals surface area contributed by atoms with Crippen molar-refractivity contribution in [2.45, 2.75) is 50.9 Å². The largest absolute Gasteiger partial charge is 0.480 e. The zero-order valence-electron chi connectivity index (χ0n) is 21.2. The number of carbonyl (C=O) groups is 3.